The first-order valence-corrected chi connectivity index (χ1v) is 10.9. The van der Waals surface area contributed by atoms with Gasteiger partial charge in [-0.05, 0) is 13.8 Å². The summed E-state index contributed by atoms with van der Waals surface area (Å²) in [5.74, 6) is -0.538. The average molecular weight is 473 g/mol. The van der Waals surface area contributed by atoms with Crippen LogP contribution in [0.4, 0.5) is 13.2 Å². The molecule has 0 aromatic carbocycles. The maximum Gasteiger partial charge on any atom is 0.534 e. The summed E-state index contributed by atoms with van der Waals surface area (Å²) in [6, 6.07) is 2.14. The van der Waals surface area contributed by atoms with Gasteiger partial charge in [-0.3, -0.25) is 4.98 Å². The molecule has 2 bridgehead atoms. The first-order valence-electron chi connectivity index (χ1n) is 9.54. The average Bonchev–Trinajstić information content (AvgIpc) is 2.67. The van der Waals surface area contributed by atoms with E-state index in [1.807, 2.05) is 0 Å². The van der Waals surface area contributed by atoms with Crippen molar-refractivity contribution in [1.29, 1.82) is 0 Å². The molecule has 0 saturated carbocycles. The fraction of sp³-hybridized carbons (Fsp3) is 0.722. The molecule has 2 atom stereocenters. The predicted molar refractivity (Wildman–Crippen MR) is 101 cm³/mol. The van der Waals surface area contributed by atoms with E-state index in [0.29, 0.717) is 26.4 Å². The second-order valence-electron chi connectivity index (χ2n) is 6.77. The van der Waals surface area contributed by atoms with E-state index >= 15 is 0 Å². The Morgan fingerprint density at radius 2 is 1.35 bits per heavy atom. The molecule has 178 valence electrons. The molecule has 31 heavy (non-hydrogen) atoms. The van der Waals surface area contributed by atoms with Gasteiger partial charge in [0.1, 0.15) is 5.75 Å². The molecule has 0 radical (unpaired) electrons. The normalized spacial score (nSPS) is 23.5. The molecule has 1 aliphatic heterocycles. The number of alkyl halides is 3. The maximum atomic E-state index is 12.7. The van der Waals surface area contributed by atoms with Crippen LogP contribution in [0.2, 0.25) is 0 Å². The zero-order chi connectivity index (χ0) is 22.9. The summed E-state index contributed by atoms with van der Waals surface area (Å²) in [6.45, 7) is 5.28. The lowest BCUT2D eigenvalue weighted by Crippen LogP contribution is -2.28. The van der Waals surface area contributed by atoms with Gasteiger partial charge in [0.2, 0.25) is 0 Å². The summed E-state index contributed by atoms with van der Waals surface area (Å²) in [4.78, 5) is 4.25. The number of aromatic nitrogens is 1. The highest BCUT2D eigenvalue weighted by Gasteiger charge is 2.48. The lowest BCUT2D eigenvalue weighted by atomic mass is 10.3. The Labute approximate surface area is 178 Å². The molecule has 0 N–H and O–H groups in total. The maximum absolute atomic E-state index is 12.7. The van der Waals surface area contributed by atoms with Crippen molar-refractivity contribution in [2.45, 2.75) is 44.8 Å². The molecule has 1 aliphatic rings. The van der Waals surface area contributed by atoms with Gasteiger partial charge in [-0.1, -0.05) is 0 Å². The van der Waals surface area contributed by atoms with Crippen LogP contribution in [0, 0.1) is 0 Å². The number of pyridine rings is 1. The second-order valence-corrected chi connectivity index (χ2v) is 8.31. The lowest BCUT2D eigenvalue weighted by molar-refractivity contribution is -0.0501. The highest BCUT2D eigenvalue weighted by molar-refractivity contribution is 7.88. The predicted octanol–water partition coefficient (Wildman–Crippen LogP) is 2.18. The summed E-state index contributed by atoms with van der Waals surface area (Å²) >= 11 is 0. The second kappa shape index (κ2) is 11.9. The number of ether oxygens (including phenoxy) is 5. The quantitative estimate of drug-likeness (QED) is 0.472. The first-order chi connectivity index (χ1) is 14.6. The van der Waals surface area contributed by atoms with Crippen LogP contribution in [0.3, 0.4) is 0 Å². The number of fused-ring (bicyclic) bond motifs is 2. The summed E-state index contributed by atoms with van der Waals surface area (Å²) in [7, 11) is -5.83. The zero-order valence-electron chi connectivity index (χ0n) is 17.2. The van der Waals surface area contributed by atoms with E-state index < -0.39 is 21.4 Å². The molecule has 2 rings (SSSR count). The van der Waals surface area contributed by atoms with Gasteiger partial charge in [0.25, 0.3) is 0 Å². The summed E-state index contributed by atoms with van der Waals surface area (Å²) in [6.07, 6.45) is -0.709. The number of halogens is 3. The highest BCUT2D eigenvalue weighted by Crippen LogP contribution is 2.28. The Kier molecular flexibility index (Phi) is 9.90. The molecular weight excluding hydrogens is 447 g/mol. The van der Waals surface area contributed by atoms with Gasteiger partial charge in [-0.25, -0.2) is 0 Å². The number of hydrogen-bond acceptors (Lipinski definition) is 9. The van der Waals surface area contributed by atoms with Crippen molar-refractivity contribution >= 4 is 10.1 Å². The lowest BCUT2D eigenvalue weighted by Gasteiger charge is -2.17. The molecule has 0 spiro atoms. The third-order valence-electron chi connectivity index (χ3n) is 3.87. The smallest absolute Gasteiger partial charge is 0.377 e. The molecule has 1 aromatic rings. The van der Waals surface area contributed by atoms with Crippen molar-refractivity contribution in [3.05, 3.63) is 23.5 Å². The molecular formula is C18H26F3NO8S. The van der Waals surface area contributed by atoms with Gasteiger partial charge in [0.05, 0.1) is 76.5 Å². The molecule has 9 nitrogen and oxygen atoms in total. The van der Waals surface area contributed by atoms with Crippen molar-refractivity contribution in [3.63, 3.8) is 0 Å². The minimum absolute atomic E-state index is 0.101. The Morgan fingerprint density at radius 3 is 1.81 bits per heavy atom. The third-order valence-corrected chi connectivity index (χ3v) is 4.85. The van der Waals surface area contributed by atoms with Crippen molar-refractivity contribution < 1.29 is 49.5 Å². The Bertz CT molecular complexity index is 752. The number of hydrogen-bond donors (Lipinski definition) is 0. The van der Waals surface area contributed by atoms with Gasteiger partial charge in [-0.2, -0.15) is 21.6 Å². The van der Waals surface area contributed by atoms with Crippen molar-refractivity contribution in [2.75, 3.05) is 39.6 Å². The fourth-order valence-corrected chi connectivity index (χ4v) is 2.82. The summed E-state index contributed by atoms with van der Waals surface area (Å²) < 4.78 is 92.4. The number of rotatable bonds is 2. The van der Waals surface area contributed by atoms with Crippen LogP contribution < -0.4 is 4.18 Å². The monoisotopic (exact) mass is 473 g/mol. The topological polar surface area (TPSA) is 102 Å². The molecule has 0 amide bonds. The van der Waals surface area contributed by atoms with Crippen LogP contribution in [0.15, 0.2) is 12.1 Å². The standard InChI is InChI=1S/C18H26F3NO8S/c1-13-9-26-5-3-25-4-6-27-10-14(2)29-12-16-8-17(7-15(22-16)11-28-13)30-31(23,24)18(19,20)21/h7-8,13-14H,3-6,9-12H2,1-2H3/t13-,14-/m0/s1. The van der Waals surface area contributed by atoms with Crippen LogP contribution in [0.1, 0.15) is 25.2 Å². The van der Waals surface area contributed by atoms with Crippen molar-refractivity contribution in [2.24, 2.45) is 0 Å². The molecule has 0 aliphatic carbocycles. The van der Waals surface area contributed by atoms with Gasteiger partial charge in [0.15, 0.2) is 0 Å². The van der Waals surface area contributed by atoms with Gasteiger partial charge in [-0.15, -0.1) is 0 Å². The van der Waals surface area contributed by atoms with Crippen LogP contribution in [-0.4, -0.2) is 70.8 Å². The Morgan fingerprint density at radius 1 is 0.903 bits per heavy atom. The largest absolute Gasteiger partial charge is 0.534 e. The Hall–Kier alpha value is -1.51. The van der Waals surface area contributed by atoms with Gasteiger partial charge in [0, 0.05) is 12.1 Å². The minimum Gasteiger partial charge on any atom is -0.377 e. The van der Waals surface area contributed by atoms with Gasteiger partial charge >= 0.3 is 15.6 Å². The van der Waals surface area contributed by atoms with E-state index in [4.69, 9.17) is 23.7 Å². The van der Waals surface area contributed by atoms with Crippen LogP contribution >= 0.6 is 0 Å². The van der Waals surface area contributed by atoms with Crippen molar-refractivity contribution in [3.8, 4) is 5.75 Å². The Balaban J connectivity index is 2.18. The van der Waals surface area contributed by atoms with E-state index in [1.54, 1.807) is 13.8 Å². The molecule has 0 fully saturated rings. The summed E-state index contributed by atoms with van der Waals surface area (Å²) in [5.41, 5.74) is -5.21. The number of nitrogens with zero attached hydrogens (tertiary/aromatic N) is 1. The van der Waals surface area contributed by atoms with E-state index in [1.165, 1.54) is 0 Å². The van der Waals surface area contributed by atoms with Crippen molar-refractivity contribution in [1.82, 2.24) is 4.98 Å². The summed E-state index contributed by atoms with van der Waals surface area (Å²) in [5, 5.41) is 0. The van der Waals surface area contributed by atoms with Crippen LogP contribution in [0.5, 0.6) is 5.75 Å². The molecule has 2 heterocycles. The molecule has 0 saturated heterocycles. The van der Waals surface area contributed by atoms with E-state index in [0.717, 1.165) is 12.1 Å². The molecule has 13 heteroatoms. The first kappa shape index (κ1) is 25.7. The van der Waals surface area contributed by atoms with E-state index in [-0.39, 0.29) is 50.0 Å². The zero-order valence-corrected chi connectivity index (χ0v) is 18.0. The SMILES string of the molecule is C[C@H]1COCCOCCOC[C@H](C)OCc2cc(OS(=O)(=O)C(F)(F)F)cc(n2)CO1. The minimum atomic E-state index is -5.83. The van der Waals surface area contributed by atoms with E-state index in [2.05, 4.69) is 9.17 Å². The fourth-order valence-electron chi connectivity index (χ4n) is 2.38. The van der Waals surface area contributed by atoms with Crippen LogP contribution in [0.25, 0.3) is 0 Å². The van der Waals surface area contributed by atoms with E-state index in [9.17, 15) is 21.6 Å². The molecule has 1 aromatic heterocycles. The van der Waals surface area contributed by atoms with Gasteiger partial charge < -0.3 is 27.9 Å². The molecule has 0 unspecified atom stereocenters. The van der Waals surface area contributed by atoms with Crippen LogP contribution in [-0.2, 0) is 47.0 Å². The highest BCUT2D eigenvalue weighted by atomic mass is 32.2. The third kappa shape index (κ3) is 9.25.